The molecule has 1 aromatic heterocycles. The van der Waals surface area contributed by atoms with Gasteiger partial charge in [-0.3, -0.25) is 9.69 Å². The Labute approximate surface area is 110 Å². The molecule has 1 saturated heterocycles. The fourth-order valence-corrected chi connectivity index (χ4v) is 2.33. The van der Waals surface area contributed by atoms with E-state index in [9.17, 15) is 9.90 Å². The van der Waals surface area contributed by atoms with E-state index in [1.165, 1.54) is 0 Å². The second-order valence-electron chi connectivity index (χ2n) is 4.60. The van der Waals surface area contributed by atoms with Gasteiger partial charge in [0.05, 0.1) is 30.8 Å². The summed E-state index contributed by atoms with van der Waals surface area (Å²) in [6, 6.07) is 7.17. The second kappa shape index (κ2) is 4.99. The summed E-state index contributed by atoms with van der Waals surface area (Å²) in [4.78, 5) is 20.7. The number of aromatic nitrogens is 2. The fraction of sp³-hybridized carbons (Fsp3) is 0.385. The number of carbonyl (C=O) groups is 1. The Bertz CT molecular complexity index is 563. The van der Waals surface area contributed by atoms with Crippen LogP contribution in [0.3, 0.4) is 0 Å². The zero-order valence-electron chi connectivity index (χ0n) is 10.4. The molecule has 0 saturated carbocycles. The number of imidazole rings is 1. The van der Waals surface area contributed by atoms with E-state index in [0.717, 1.165) is 16.9 Å². The van der Waals surface area contributed by atoms with Gasteiger partial charge in [-0.2, -0.15) is 0 Å². The molecule has 0 aliphatic carbocycles. The monoisotopic (exact) mass is 261 g/mol. The summed E-state index contributed by atoms with van der Waals surface area (Å²) in [5.41, 5.74) is 1.87. The van der Waals surface area contributed by atoms with Gasteiger partial charge in [0.1, 0.15) is 11.9 Å². The summed E-state index contributed by atoms with van der Waals surface area (Å²) in [6.07, 6.45) is 0. The van der Waals surface area contributed by atoms with Gasteiger partial charge in [0.25, 0.3) is 0 Å². The number of hydrogen-bond donors (Lipinski definition) is 2. The molecule has 100 valence electrons. The van der Waals surface area contributed by atoms with Gasteiger partial charge in [-0.25, -0.2) is 4.98 Å². The van der Waals surface area contributed by atoms with Crippen LogP contribution in [0.15, 0.2) is 24.3 Å². The third-order valence-electron chi connectivity index (χ3n) is 3.32. The molecule has 0 spiro atoms. The van der Waals surface area contributed by atoms with Gasteiger partial charge in [-0.15, -0.1) is 0 Å². The summed E-state index contributed by atoms with van der Waals surface area (Å²) in [7, 11) is 0. The maximum atomic E-state index is 11.2. The third kappa shape index (κ3) is 2.45. The van der Waals surface area contributed by atoms with Crippen LogP contribution in [0.4, 0.5) is 0 Å². The zero-order chi connectivity index (χ0) is 13.2. The fourth-order valence-electron chi connectivity index (χ4n) is 2.33. The second-order valence-corrected chi connectivity index (χ2v) is 4.60. The maximum absolute atomic E-state index is 11.2. The van der Waals surface area contributed by atoms with E-state index in [2.05, 4.69) is 9.97 Å². The minimum Gasteiger partial charge on any atom is -0.480 e. The normalized spacial score (nSPS) is 20.7. The van der Waals surface area contributed by atoms with Crippen molar-refractivity contribution in [2.24, 2.45) is 0 Å². The van der Waals surface area contributed by atoms with E-state index in [-0.39, 0.29) is 6.61 Å². The van der Waals surface area contributed by atoms with Gasteiger partial charge in [0.15, 0.2) is 0 Å². The first kappa shape index (κ1) is 12.1. The molecule has 2 heterocycles. The summed E-state index contributed by atoms with van der Waals surface area (Å²) in [6.45, 7) is 1.89. The zero-order valence-corrected chi connectivity index (χ0v) is 10.4. The number of H-pyrrole nitrogens is 1. The van der Waals surface area contributed by atoms with Crippen LogP contribution in [0, 0.1) is 0 Å². The summed E-state index contributed by atoms with van der Waals surface area (Å²) < 4.78 is 5.22. The van der Waals surface area contributed by atoms with Crippen LogP contribution in [-0.2, 0) is 16.1 Å². The van der Waals surface area contributed by atoms with Crippen molar-refractivity contribution in [2.45, 2.75) is 12.6 Å². The molecule has 6 heteroatoms. The van der Waals surface area contributed by atoms with E-state index in [1.807, 2.05) is 29.2 Å². The molecule has 1 aliphatic rings. The Kier molecular flexibility index (Phi) is 3.18. The van der Waals surface area contributed by atoms with Crippen molar-refractivity contribution in [2.75, 3.05) is 19.8 Å². The van der Waals surface area contributed by atoms with Gasteiger partial charge in [0, 0.05) is 6.54 Å². The standard InChI is InChI=1S/C13H15N3O3/c17-13(18)11-8-19-6-5-16(11)7-12-14-9-3-1-2-4-10(9)15-12/h1-4,11H,5-8H2,(H,14,15)(H,17,18)/t11-/m1/s1. The molecule has 0 unspecified atom stereocenters. The maximum Gasteiger partial charge on any atom is 0.323 e. The highest BCUT2D eigenvalue weighted by Crippen LogP contribution is 2.15. The molecule has 19 heavy (non-hydrogen) atoms. The van der Waals surface area contributed by atoms with Gasteiger partial charge in [-0.1, -0.05) is 12.1 Å². The third-order valence-corrected chi connectivity index (χ3v) is 3.32. The van der Waals surface area contributed by atoms with E-state index in [1.54, 1.807) is 0 Å². The Balaban J connectivity index is 1.80. The first-order chi connectivity index (χ1) is 9.24. The predicted octanol–water partition coefficient (Wildman–Crippen LogP) is 0.848. The number of aliphatic carboxylic acids is 1. The molecule has 3 rings (SSSR count). The SMILES string of the molecule is O=C(O)[C@H]1COCCN1Cc1nc2ccccc2[nH]1. The molecule has 2 N–H and O–H groups in total. The average molecular weight is 261 g/mol. The number of aromatic amines is 1. The van der Waals surface area contributed by atoms with E-state index in [0.29, 0.717) is 19.7 Å². The Morgan fingerprint density at radius 2 is 2.37 bits per heavy atom. The van der Waals surface area contributed by atoms with Crippen LogP contribution in [0.2, 0.25) is 0 Å². The molecule has 0 amide bonds. The molecule has 0 radical (unpaired) electrons. The molecule has 6 nitrogen and oxygen atoms in total. The lowest BCUT2D eigenvalue weighted by atomic mass is 10.2. The van der Waals surface area contributed by atoms with Gasteiger partial charge in [-0.05, 0) is 12.1 Å². The summed E-state index contributed by atoms with van der Waals surface area (Å²) in [5, 5.41) is 9.17. The lowest BCUT2D eigenvalue weighted by Gasteiger charge is -2.31. The van der Waals surface area contributed by atoms with Crippen LogP contribution in [0.25, 0.3) is 11.0 Å². The van der Waals surface area contributed by atoms with E-state index in [4.69, 9.17) is 4.74 Å². The predicted molar refractivity (Wildman–Crippen MR) is 68.7 cm³/mol. The number of hydrogen-bond acceptors (Lipinski definition) is 4. The minimum absolute atomic E-state index is 0.232. The lowest BCUT2D eigenvalue weighted by molar-refractivity contribution is -0.150. The van der Waals surface area contributed by atoms with Crippen molar-refractivity contribution >= 4 is 17.0 Å². The van der Waals surface area contributed by atoms with Crippen molar-refractivity contribution in [1.29, 1.82) is 0 Å². The van der Waals surface area contributed by atoms with Crippen LogP contribution in [-0.4, -0.2) is 51.7 Å². The molecular formula is C13H15N3O3. The van der Waals surface area contributed by atoms with Crippen molar-refractivity contribution < 1.29 is 14.6 Å². The highest BCUT2D eigenvalue weighted by atomic mass is 16.5. The number of para-hydroxylation sites is 2. The highest BCUT2D eigenvalue weighted by Gasteiger charge is 2.29. The minimum atomic E-state index is -0.851. The first-order valence-electron chi connectivity index (χ1n) is 6.22. The molecule has 1 aromatic carbocycles. The molecule has 1 aliphatic heterocycles. The van der Waals surface area contributed by atoms with Crippen LogP contribution < -0.4 is 0 Å². The quantitative estimate of drug-likeness (QED) is 0.856. The van der Waals surface area contributed by atoms with E-state index < -0.39 is 12.0 Å². The van der Waals surface area contributed by atoms with Crippen molar-refractivity contribution in [3.8, 4) is 0 Å². The summed E-state index contributed by atoms with van der Waals surface area (Å²) >= 11 is 0. The molecule has 0 bridgehead atoms. The van der Waals surface area contributed by atoms with Crippen LogP contribution >= 0.6 is 0 Å². The van der Waals surface area contributed by atoms with Crippen molar-refractivity contribution in [3.63, 3.8) is 0 Å². The number of rotatable bonds is 3. The molecule has 1 atom stereocenters. The van der Waals surface area contributed by atoms with Gasteiger partial charge < -0.3 is 14.8 Å². The van der Waals surface area contributed by atoms with E-state index >= 15 is 0 Å². The largest absolute Gasteiger partial charge is 0.480 e. The number of nitrogens with zero attached hydrogens (tertiary/aromatic N) is 2. The average Bonchev–Trinajstić information content (AvgIpc) is 2.81. The van der Waals surface area contributed by atoms with Crippen molar-refractivity contribution in [3.05, 3.63) is 30.1 Å². The first-order valence-corrected chi connectivity index (χ1v) is 6.22. The lowest BCUT2D eigenvalue weighted by Crippen LogP contribution is -2.49. The Morgan fingerprint density at radius 1 is 1.53 bits per heavy atom. The molecular weight excluding hydrogens is 246 g/mol. The summed E-state index contributed by atoms with van der Waals surface area (Å²) in [5.74, 6) is -0.0647. The molecule has 2 aromatic rings. The Hall–Kier alpha value is -1.92. The number of morpholine rings is 1. The molecule has 1 fully saturated rings. The van der Waals surface area contributed by atoms with Gasteiger partial charge >= 0.3 is 5.97 Å². The number of nitrogens with one attached hydrogen (secondary N) is 1. The smallest absolute Gasteiger partial charge is 0.323 e. The van der Waals surface area contributed by atoms with Crippen LogP contribution in [0.1, 0.15) is 5.82 Å². The number of benzene rings is 1. The number of fused-ring (bicyclic) bond motifs is 1. The number of ether oxygens (including phenoxy) is 1. The number of carboxylic acids is 1. The van der Waals surface area contributed by atoms with Crippen LogP contribution in [0.5, 0.6) is 0 Å². The van der Waals surface area contributed by atoms with Crippen molar-refractivity contribution in [1.82, 2.24) is 14.9 Å². The topological polar surface area (TPSA) is 78.5 Å². The van der Waals surface area contributed by atoms with Gasteiger partial charge in [0.2, 0.25) is 0 Å². The highest BCUT2D eigenvalue weighted by molar-refractivity contribution is 5.75. The number of carboxylic acid groups (broad SMARTS) is 1. The Morgan fingerprint density at radius 3 is 3.16 bits per heavy atom.